The van der Waals surface area contributed by atoms with Gasteiger partial charge < -0.3 is 4.74 Å². The van der Waals surface area contributed by atoms with Gasteiger partial charge in [0.15, 0.2) is 9.84 Å². The topological polar surface area (TPSA) is 89.5 Å². The molecule has 6 nitrogen and oxygen atoms in total. The minimum absolute atomic E-state index is 0.0258. The van der Waals surface area contributed by atoms with Gasteiger partial charge in [0.25, 0.3) is 0 Å². The Kier molecular flexibility index (Phi) is 6.65. The number of nitrogens with one attached hydrogen (secondary N) is 1. The summed E-state index contributed by atoms with van der Waals surface area (Å²) in [5.41, 5.74) is 0.913. The van der Waals surface area contributed by atoms with E-state index in [0.717, 1.165) is 12.0 Å². The van der Waals surface area contributed by atoms with Crippen molar-refractivity contribution in [2.45, 2.75) is 25.7 Å². The number of ether oxygens (including phenoxy) is 1. The van der Waals surface area contributed by atoms with Crippen molar-refractivity contribution < 1.29 is 21.6 Å². The van der Waals surface area contributed by atoms with Gasteiger partial charge in [-0.15, -0.1) is 0 Å². The maximum atomic E-state index is 12.0. The zero-order valence-electron chi connectivity index (χ0n) is 13.9. The Morgan fingerprint density at radius 3 is 2.79 bits per heavy atom. The molecule has 0 radical (unpaired) electrons. The van der Waals surface area contributed by atoms with Crippen LogP contribution in [-0.2, 0) is 26.3 Å². The minimum Gasteiger partial charge on any atom is -0.497 e. The van der Waals surface area contributed by atoms with E-state index in [9.17, 15) is 16.8 Å². The Bertz CT molecular complexity index is 743. The number of sulfone groups is 1. The molecule has 1 atom stereocenters. The van der Waals surface area contributed by atoms with Gasteiger partial charge >= 0.3 is 0 Å². The third kappa shape index (κ3) is 6.41. The fraction of sp³-hybridized carbons (Fsp3) is 0.625. The average Bonchev–Trinajstić information content (AvgIpc) is 2.89. The molecule has 0 amide bonds. The molecule has 1 aliphatic heterocycles. The van der Waals surface area contributed by atoms with Crippen LogP contribution in [0.2, 0.25) is 0 Å². The van der Waals surface area contributed by atoms with Crippen LogP contribution in [-0.4, -0.2) is 47.7 Å². The van der Waals surface area contributed by atoms with Crippen LogP contribution in [0.4, 0.5) is 0 Å². The van der Waals surface area contributed by atoms with Gasteiger partial charge in [0.1, 0.15) is 5.75 Å². The molecule has 2 rings (SSSR count). The van der Waals surface area contributed by atoms with Crippen molar-refractivity contribution in [3.63, 3.8) is 0 Å². The third-order valence-corrected chi connectivity index (χ3v) is 7.45. The molecule has 136 valence electrons. The Hall–Kier alpha value is -1.12. The van der Waals surface area contributed by atoms with Crippen LogP contribution in [0.3, 0.4) is 0 Å². The zero-order valence-corrected chi connectivity index (χ0v) is 15.5. The lowest BCUT2D eigenvalue weighted by Crippen LogP contribution is -2.28. The monoisotopic (exact) mass is 375 g/mol. The summed E-state index contributed by atoms with van der Waals surface area (Å²) >= 11 is 0. The molecule has 8 heteroatoms. The van der Waals surface area contributed by atoms with E-state index in [1.807, 2.05) is 24.3 Å². The fourth-order valence-corrected chi connectivity index (χ4v) is 5.89. The number of methoxy groups -OCH3 is 1. The van der Waals surface area contributed by atoms with Gasteiger partial charge in [-0.05, 0) is 49.3 Å². The lowest BCUT2D eigenvalue weighted by molar-refractivity contribution is 0.414. The maximum Gasteiger partial charge on any atom is 0.211 e. The number of aryl methyl sites for hydroxylation is 1. The molecule has 0 spiro atoms. The summed E-state index contributed by atoms with van der Waals surface area (Å²) in [5.74, 6) is 1.43. The molecule has 1 aromatic carbocycles. The molecule has 0 bridgehead atoms. The van der Waals surface area contributed by atoms with Crippen LogP contribution >= 0.6 is 0 Å². The molecule has 0 aliphatic carbocycles. The first-order valence-electron chi connectivity index (χ1n) is 8.10. The van der Waals surface area contributed by atoms with Crippen molar-refractivity contribution in [3.05, 3.63) is 29.8 Å². The van der Waals surface area contributed by atoms with Crippen molar-refractivity contribution in [2.75, 3.05) is 30.9 Å². The van der Waals surface area contributed by atoms with Crippen LogP contribution in [0, 0.1) is 5.92 Å². The van der Waals surface area contributed by atoms with Crippen LogP contribution in [0.1, 0.15) is 24.8 Å². The van der Waals surface area contributed by atoms with Crippen molar-refractivity contribution in [1.29, 1.82) is 0 Å². The second-order valence-corrected chi connectivity index (χ2v) is 10.4. The zero-order chi connectivity index (χ0) is 17.6. The molecule has 1 saturated heterocycles. The summed E-state index contributed by atoms with van der Waals surface area (Å²) in [4.78, 5) is 0. The van der Waals surface area contributed by atoms with Crippen molar-refractivity contribution in [1.82, 2.24) is 4.72 Å². The number of hydrogen-bond donors (Lipinski definition) is 1. The molecule has 0 aromatic heterocycles. The van der Waals surface area contributed by atoms with E-state index in [4.69, 9.17) is 4.74 Å². The molecular formula is C16H25NO5S2. The van der Waals surface area contributed by atoms with Crippen LogP contribution in [0.25, 0.3) is 0 Å². The highest BCUT2D eigenvalue weighted by Crippen LogP contribution is 2.22. The Morgan fingerprint density at radius 1 is 1.33 bits per heavy atom. The van der Waals surface area contributed by atoms with Crippen molar-refractivity contribution in [2.24, 2.45) is 5.92 Å². The van der Waals surface area contributed by atoms with E-state index >= 15 is 0 Å². The summed E-state index contributed by atoms with van der Waals surface area (Å²) in [7, 11) is -4.61. The molecular weight excluding hydrogens is 350 g/mol. The third-order valence-electron chi connectivity index (χ3n) is 4.23. The Labute approximate surface area is 144 Å². The molecule has 1 N–H and O–H groups in total. The number of benzene rings is 1. The minimum atomic E-state index is -3.33. The van der Waals surface area contributed by atoms with Crippen molar-refractivity contribution in [3.8, 4) is 5.75 Å². The van der Waals surface area contributed by atoms with Gasteiger partial charge in [-0.2, -0.15) is 0 Å². The quantitative estimate of drug-likeness (QED) is 0.659. The second-order valence-electron chi connectivity index (χ2n) is 6.23. The van der Waals surface area contributed by atoms with Gasteiger partial charge in [-0.3, -0.25) is 0 Å². The van der Waals surface area contributed by atoms with Gasteiger partial charge in [-0.1, -0.05) is 12.1 Å². The first-order chi connectivity index (χ1) is 11.3. The largest absolute Gasteiger partial charge is 0.497 e. The van der Waals surface area contributed by atoms with Crippen LogP contribution < -0.4 is 9.46 Å². The molecule has 1 heterocycles. The average molecular weight is 376 g/mol. The molecule has 0 saturated carbocycles. The summed E-state index contributed by atoms with van der Waals surface area (Å²) in [5, 5.41) is 0. The highest BCUT2D eigenvalue weighted by molar-refractivity contribution is 7.91. The number of sulfonamides is 1. The number of hydrogen-bond acceptors (Lipinski definition) is 5. The standard InChI is InChI=1S/C16H25NO5S2/c1-22-16-6-2-4-14(12-16)8-11-24(20,21)17-9-3-5-15-7-10-23(18,19)13-15/h2,4,6,12,15,17H,3,5,7-11,13H2,1H3. The highest BCUT2D eigenvalue weighted by Gasteiger charge is 2.27. The normalized spacial score (nSPS) is 20.1. The Morgan fingerprint density at radius 2 is 2.12 bits per heavy atom. The van der Waals surface area contributed by atoms with E-state index in [-0.39, 0.29) is 23.2 Å². The first-order valence-corrected chi connectivity index (χ1v) is 11.6. The van der Waals surface area contributed by atoms with Gasteiger partial charge in [-0.25, -0.2) is 21.6 Å². The first kappa shape index (κ1) is 19.2. The summed E-state index contributed by atoms with van der Waals surface area (Å²) < 4.78 is 54.5. The molecule has 1 aromatic rings. The SMILES string of the molecule is COc1cccc(CCS(=O)(=O)NCCCC2CCS(=O)(=O)C2)c1. The molecule has 24 heavy (non-hydrogen) atoms. The lowest BCUT2D eigenvalue weighted by atomic mass is 10.0. The summed E-state index contributed by atoms with van der Waals surface area (Å²) in [6, 6.07) is 7.36. The second kappa shape index (κ2) is 8.31. The van der Waals surface area contributed by atoms with E-state index < -0.39 is 19.9 Å². The van der Waals surface area contributed by atoms with Gasteiger partial charge in [0, 0.05) is 6.54 Å². The number of rotatable bonds is 9. The molecule has 1 fully saturated rings. The summed E-state index contributed by atoms with van der Waals surface area (Å²) in [6.45, 7) is 0.358. The van der Waals surface area contributed by atoms with E-state index in [2.05, 4.69) is 4.72 Å². The Balaban J connectivity index is 1.69. The van der Waals surface area contributed by atoms with Gasteiger partial charge in [0.05, 0.1) is 24.4 Å². The highest BCUT2D eigenvalue weighted by atomic mass is 32.2. The van der Waals surface area contributed by atoms with Crippen molar-refractivity contribution >= 4 is 19.9 Å². The molecule has 1 unspecified atom stereocenters. The summed E-state index contributed by atoms with van der Waals surface area (Å²) in [6.07, 6.45) is 2.54. The van der Waals surface area contributed by atoms with Crippen LogP contribution in [0.15, 0.2) is 24.3 Å². The maximum absolute atomic E-state index is 12.0. The van der Waals surface area contributed by atoms with E-state index in [1.165, 1.54) is 0 Å². The molecule has 1 aliphatic rings. The van der Waals surface area contributed by atoms with E-state index in [1.54, 1.807) is 7.11 Å². The fourth-order valence-electron chi connectivity index (χ4n) is 2.87. The predicted octanol–water partition coefficient (Wildman–Crippen LogP) is 1.37. The smallest absolute Gasteiger partial charge is 0.211 e. The van der Waals surface area contributed by atoms with E-state index in [0.29, 0.717) is 31.6 Å². The predicted molar refractivity (Wildman–Crippen MR) is 94.5 cm³/mol. The van der Waals surface area contributed by atoms with Gasteiger partial charge in [0.2, 0.25) is 10.0 Å². The van der Waals surface area contributed by atoms with Crippen LogP contribution in [0.5, 0.6) is 5.75 Å². The lowest BCUT2D eigenvalue weighted by Gasteiger charge is -2.09.